The summed E-state index contributed by atoms with van der Waals surface area (Å²) in [6, 6.07) is 16.2. The van der Waals surface area contributed by atoms with Crippen LogP contribution in [0, 0.1) is 19.8 Å². The van der Waals surface area contributed by atoms with E-state index in [0.29, 0.717) is 5.92 Å². The summed E-state index contributed by atoms with van der Waals surface area (Å²) < 4.78 is 0. The molecule has 0 heterocycles. The van der Waals surface area contributed by atoms with Crippen molar-refractivity contribution in [3.05, 3.63) is 65.2 Å². The third-order valence-electron chi connectivity index (χ3n) is 4.38. The fraction of sp³-hybridized carbons (Fsp3) is 0.381. The van der Waals surface area contributed by atoms with Crippen molar-refractivity contribution in [1.29, 1.82) is 0 Å². The molecule has 0 saturated heterocycles. The van der Waals surface area contributed by atoms with Gasteiger partial charge in [0.05, 0.1) is 6.04 Å². The molecule has 0 aliphatic carbocycles. The van der Waals surface area contributed by atoms with Crippen molar-refractivity contribution in [2.75, 3.05) is 5.32 Å². The van der Waals surface area contributed by atoms with Gasteiger partial charge in [-0.1, -0.05) is 62.4 Å². The van der Waals surface area contributed by atoms with Gasteiger partial charge in [0.1, 0.15) is 0 Å². The molecule has 0 fully saturated rings. The molecule has 24 heavy (non-hydrogen) atoms. The lowest BCUT2D eigenvalue weighted by Gasteiger charge is -2.27. The number of para-hydroxylation sites is 1. The van der Waals surface area contributed by atoms with Gasteiger partial charge in [0.2, 0.25) is 5.91 Å². The lowest BCUT2D eigenvalue weighted by molar-refractivity contribution is -0.118. The Kier molecular flexibility index (Phi) is 6.16. The fourth-order valence-corrected chi connectivity index (χ4v) is 2.92. The number of nitrogens with one attached hydrogen (secondary N) is 2. The number of hydrogen-bond donors (Lipinski definition) is 2. The highest BCUT2D eigenvalue weighted by Gasteiger charge is 2.22. The van der Waals surface area contributed by atoms with Crippen LogP contribution < -0.4 is 10.6 Å². The van der Waals surface area contributed by atoms with E-state index in [2.05, 4.69) is 36.6 Å². The second-order valence-electron chi connectivity index (χ2n) is 6.78. The van der Waals surface area contributed by atoms with Crippen LogP contribution in [0.1, 0.15) is 43.5 Å². The lowest BCUT2D eigenvalue weighted by atomic mass is 9.95. The van der Waals surface area contributed by atoms with Crippen LogP contribution in [0.2, 0.25) is 0 Å². The van der Waals surface area contributed by atoms with E-state index in [9.17, 15) is 4.79 Å². The molecule has 2 aromatic rings. The molecule has 2 rings (SSSR count). The normalized spacial score (nSPS) is 13.6. The predicted octanol–water partition coefficient (Wildman–Crippen LogP) is 4.62. The molecule has 0 saturated carbocycles. The molecular weight excluding hydrogens is 296 g/mol. The van der Waals surface area contributed by atoms with Gasteiger partial charge < -0.3 is 5.32 Å². The van der Waals surface area contributed by atoms with Crippen LogP contribution >= 0.6 is 0 Å². The second-order valence-corrected chi connectivity index (χ2v) is 6.78. The molecule has 128 valence electrons. The van der Waals surface area contributed by atoms with Crippen molar-refractivity contribution < 1.29 is 4.79 Å². The standard InChI is InChI=1S/C21H28N2O/c1-14(2)19(18-12-7-6-8-13-18)22-17(5)21(24)23-20-15(3)10-9-11-16(20)4/h6-14,17,19,22H,1-5H3,(H,23,24). The topological polar surface area (TPSA) is 41.1 Å². The molecule has 0 aliphatic rings. The zero-order chi connectivity index (χ0) is 17.7. The molecule has 0 radical (unpaired) electrons. The average molecular weight is 324 g/mol. The molecule has 0 aromatic heterocycles. The monoisotopic (exact) mass is 324 g/mol. The van der Waals surface area contributed by atoms with Crippen LogP contribution in [0.3, 0.4) is 0 Å². The Morgan fingerprint density at radius 2 is 1.46 bits per heavy atom. The van der Waals surface area contributed by atoms with Crippen LogP contribution in [0.5, 0.6) is 0 Å². The van der Waals surface area contributed by atoms with Crippen LogP contribution in [-0.4, -0.2) is 11.9 Å². The molecule has 0 aliphatic heterocycles. The lowest BCUT2D eigenvalue weighted by Crippen LogP contribution is -2.42. The summed E-state index contributed by atoms with van der Waals surface area (Å²) >= 11 is 0. The largest absolute Gasteiger partial charge is 0.324 e. The summed E-state index contributed by atoms with van der Waals surface area (Å²) in [6.07, 6.45) is 0. The van der Waals surface area contributed by atoms with Crippen molar-refractivity contribution >= 4 is 11.6 Å². The minimum absolute atomic E-state index is 0.00557. The van der Waals surface area contributed by atoms with E-state index in [-0.39, 0.29) is 18.0 Å². The highest BCUT2D eigenvalue weighted by Crippen LogP contribution is 2.23. The number of benzene rings is 2. The second kappa shape index (κ2) is 8.11. The summed E-state index contributed by atoms with van der Waals surface area (Å²) in [5.74, 6) is 0.386. The molecule has 3 heteroatoms. The summed E-state index contributed by atoms with van der Waals surface area (Å²) in [6.45, 7) is 10.3. The molecule has 2 unspecified atom stereocenters. The van der Waals surface area contributed by atoms with Crippen LogP contribution in [-0.2, 0) is 4.79 Å². The number of amides is 1. The molecule has 2 aromatic carbocycles. The first-order valence-corrected chi connectivity index (χ1v) is 8.58. The van der Waals surface area contributed by atoms with Crippen LogP contribution in [0.15, 0.2) is 48.5 Å². The maximum atomic E-state index is 12.6. The van der Waals surface area contributed by atoms with E-state index in [4.69, 9.17) is 0 Å². The van der Waals surface area contributed by atoms with E-state index in [0.717, 1.165) is 16.8 Å². The SMILES string of the molecule is Cc1cccc(C)c1NC(=O)C(C)NC(c1ccccc1)C(C)C. The number of hydrogen-bond acceptors (Lipinski definition) is 2. The molecule has 2 atom stereocenters. The van der Waals surface area contributed by atoms with Gasteiger partial charge in [-0.2, -0.15) is 0 Å². The molecule has 2 N–H and O–H groups in total. The van der Waals surface area contributed by atoms with Gasteiger partial charge in [-0.15, -0.1) is 0 Å². The van der Waals surface area contributed by atoms with Crippen molar-refractivity contribution in [2.45, 2.75) is 46.7 Å². The van der Waals surface area contributed by atoms with Gasteiger partial charge in [0.15, 0.2) is 0 Å². The van der Waals surface area contributed by atoms with Gasteiger partial charge in [-0.05, 0) is 43.4 Å². The molecule has 3 nitrogen and oxygen atoms in total. The van der Waals surface area contributed by atoms with Crippen molar-refractivity contribution in [2.24, 2.45) is 5.92 Å². The molecule has 1 amide bonds. The number of carbonyl (C=O) groups is 1. The molecular formula is C21H28N2O. The summed E-state index contributed by atoms with van der Waals surface area (Å²) in [5.41, 5.74) is 4.29. The predicted molar refractivity (Wildman–Crippen MR) is 101 cm³/mol. The highest BCUT2D eigenvalue weighted by atomic mass is 16.2. The van der Waals surface area contributed by atoms with Crippen LogP contribution in [0.25, 0.3) is 0 Å². The first-order valence-electron chi connectivity index (χ1n) is 8.58. The van der Waals surface area contributed by atoms with E-state index in [1.807, 2.05) is 57.2 Å². The minimum atomic E-state index is -0.281. The Balaban J connectivity index is 2.10. The third-order valence-corrected chi connectivity index (χ3v) is 4.38. The molecule has 0 bridgehead atoms. The minimum Gasteiger partial charge on any atom is -0.324 e. The average Bonchev–Trinajstić information content (AvgIpc) is 2.56. The quantitative estimate of drug-likeness (QED) is 0.814. The van der Waals surface area contributed by atoms with Gasteiger partial charge >= 0.3 is 0 Å². The van der Waals surface area contributed by atoms with E-state index < -0.39 is 0 Å². The van der Waals surface area contributed by atoms with E-state index in [1.165, 1.54) is 5.56 Å². The van der Waals surface area contributed by atoms with Gasteiger partial charge in [-0.25, -0.2) is 0 Å². The molecule has 0 spiro atoms. The maximum Gasteiger partial charge on any atom is 0.241 e. The van der Waals surface area contributed by atoms with Crippen molar-refractivity contribution in [3.8, 4) is 0 Å². The Bertz CT molecular complexity index is 659. The van der Waals surface area contributed by atoms with Gasteiger partial charge in [0.25, 0.3) is 0 Å². The highest BCUT2D eigenvalue weighted by molar-refractivity contribution is 5.95. The Hall–Kier alpha value is -2.13. The summed E-state index contributed by atoms with van der Waals surface area (Å²) in [7, 11) is 0. The van der Waals surface area contributed by atoms with E-state index >= 15 is 0 Å². The number of rotatable bonds is 6. The van der Waals surface area contributed by atoms with E-state index in [1.54, 1.807) is 0 Å². The Labute approximate surface area is 145 Å². The Morgan fingerprint density at radius 1 is 0.875 bits per heavy atom. The van der Waals surface area contributed by atoms with Gasteiger partial charge in [0, 0.05) is 11.7 Å². The number of anilines is 1. The zero-order valence-electron chi connectivity index (χ0n) is 15.3. The van der Waals surface area contributed by atoms with Crippen LogP contribution in [0.4, 0.5) is 5.69 Å². The van der Waals surface area contributed by atoms with Crippen molar-refractivity contribution in [1.82, 2.24) is 5.32 Å². The number of carbonyl (C=O) groups excluding carboxylic acids is 1. The van der Waals surface area contributed by atoms with Crippen molar-refractivity contribution in [3.63, 3.8) is 0 Å². The summed E-state index contributed by atoms with van der Waals surface area (Å²) in [5, 5.41) is 6.55. The zero-order valence-corrected chi connectivity index (χ0v) is 15.3. The Morgan fingerprint density at radius 3 is 2.00 bits per heavy atom. The maximum absolute atomic E-state index is 12.6. The first kappa shape index (κ1) is 18.2. The third kappa shape index (κ3) is 4.45. The smallest absolute Gasteiger partial charge is 0.241 e. The first-order chi connectivity index (χ1) is 11.4. The van der Waals surface area contributed by atoms with Gasteiger partial charge in [-0.3, -0.25) is 10.1 Å². The summed E-state index contributed by atoms with van der Waals surface area (Å²) in [4.78, 5) is 12.6. The number of aryl methyl sites for hydroxylation is 2. The fourth-order valence-electron chi connectivity index (χ4n) is 2.92.